The predicted molar refractivity (Wildman–Crippen MR) is 98.4 cm³/mol. The first kappa shape index (κ1) is 18.3. The van der Waals surface area contributed by atoms with Gasteiger partial charge in [0.1, 0.15) is 0 Å². The lowest BCUT2D eigenvalue weighted by atomic mass is 9.96. The number of carbonyl (C=O) groups excluding carboxylic acids is 1. The van der Waals surface area contributed by atoms with Crippen molar-refractivity contribution in [2.45, 2.75) is 25.9 Å². The SMILES string of the molecule is C=C(CCC(=O)c1ccc2sccc2c1C)c1ncccc1C(F)(F)F. The monoisotopic (exact) mass is 375 g/mol. The van der Waals surface area contributed by atoms with Gasteiger partial charge in [-0.3, -0.25) is 9.78 Å². The molecule has 134 valence electrons. The molecule has 0 atom stereocenters. The summed E-state index contributed by atoms with van der Waals surface area (Å²) >= 11 is 1.60. The van der Waals surface area contributed by atoms with Gasteiger partial charge in [-0.1, -0.05) is 6.58 Å². The fourth-order valence-electron chi connectivity index (χ4n) is 2.92. The summed E-state index contributed by atoms with van der Waals surface area (Å²) in [6.07, 6.45) is -2.99. The Hall–Kier alpha value is -2.47. The highest BCUT2D eigenvalue weighted by Crippen LogP contribution is 2.35. The third-order valence-electron chi connectivity index (χ3n) is 4.31. The molecule has 0 N–H and O–H groups in total. The molecule has 3 rings (SSSR count). The Morgan fingerprint density at radius 3 is 2.69 bits per heavy atom. The minimum absolute atomic E-state index is 0.0865. The number of alkyl halides is 3. The highest BCUT2D eigenvalue weighted by molar-refractivity contribution is 7.17. The lowest BCUT2D eigenvalue weighted by Gasteiger charge is -2.13. The molecule has 0 amide bonds. The number of Topliss-reactive ketones (excluding diaryl/α,β-unsaturated/α-hetero) is 1. The van der Waals surface area contributed by atoms with Crippen molar-refractivity contribution in [1.29, 1.82) is 0 Å². The molecule has 2 heterocycles. The third kappa shape index (κ3) is 3.55. The zero-order chi connectivity index (χ0) is 18.9. The van der Waals surface area contributed by atoms with Crippen LogP contribution in [0.1, 0.15) is 40.0 Å². The number of fused-ring (bicyclic) bond motifs is 1. The number of hydrogen-bond acceptors (Lipinski definition) is 3. The highest BCUT2D eigenvalue weighted by Gasteiger charge is 2.34. The Labute approximate surface area is 153 Å². The van der Waals surface area contributed by atoms with Gasteiger partial charge in [-0.2, -0.15) is 13.2 Å². The van der Waals surface area contributed by atoms with Crippen LogP contribution in [0.5, 0.6) is 0 Å². The molecule has 0 radical (unpaired) electrons. The van der Waals surface area contributed by atoms with Crippen LogP contribution in [-0.4, -0.2) is 10.8 Å². The number of carbonyl (C=O) groups is 1. The smallest absolute Gasteiger partial charge is 0.294 e. The normalized spacial score (nSPS) is 11.7. The van der Waals surface area contributed by atoms with Gasteiger partial charge in [-0.25, -0.2) is 0 Å². The second-order valence-electron chi connectivity index (χ2n) is 5.99. The number of pyridine rings is 1. The van der Waals surface area contributed by atoms with Crippen LogP contribution in [0.3, 0.4) is 0 Å². The van der Waals surface area contributed by atoms with Crippen LogP contribution in [0.15, 0.2) is 48.5 Å². The number of benzene rings is 1. The van der Waals surface area contributed by atoms with Crippen LogP contribution < -0.4 is 0 Å². The van der Waals surface area contributed by atoms with Gasteiger partial charge in [0.05, 0.1) is 11.3 Å². The number of hydrogen-bond donors (Lipinski definition) is 0. The molecule has 0 saturated carbocycles. The molecule has 6 heteroatoms. The first-order valence-corrected chi connectivity index (χ1v) is 8.87. The molecule has 0 bridgehead atoms. The average Bonchev–Trinajstić information content (AvgIpc) is 3.08. The topological polar surface area (TPSA) is 30.0 Å². The molecule has 2 aromatic heterocycles. The fraction of sp³-hybridized carbons (Fsp3) is 0.200. The van der Waals surface area contributed by atoms with Crippen LogP contribution >= 0.6 is 11.3 Å². The zero-order valence-electron chi connectivity index (χ0n) is 14.1. The van der Waals surface area contributed by atoms with Gasteiger partial charge in [0.15, 0.2) is 5.78 Å². The van der Waals surface area contributed by atoms with Gasteiger partial charge in [-0.15, -0.1) is 11.3 Å². The summed E-state index contributed by atoms with van der Waals surface area (Å²) in [5.74, 6) is -0.110. The van der Waals surface area contributed by atoms with Crippen molar-refractivity contribution in [3.8, 4) is 0 Å². The molecular formula is C20H16F3NOS. The van der Waals surface area contributed by atoms with E-state index in [-0.39, 0.29) is 29.9 Å². The standard InChI is InChI=1S/C20H16F3NOS/c1-12(19-16(20(21,22)23)4-3-10-24-19)5-7-17(25)14-6-8-18-15(13(14)2)9-11-26-18/h3-4,6,8-11H,1,5,7H2,2H3. The molecular weight excluding hydrogens is 359 g/mol. The van der Waals surface area contributed by atoms with E-state index < -0.39 is 11.7 Å². The van der Waals surface area contributed by atoms with E-state index >= 15 is 0 Å². The average molecular weight is 375 g/mol. The molecule has 0 aliphatic heterocycles. The largest absolute Gasteiger partial charge is 0.418 e. The molecule has 0 saturated heterocycles. The Kier molecular flexibility index (Phi) is 4.96. The van der Waals surface area contributed by atoms with Gasteiger partial charge in [0.2, 0.25) is 0 Å². The van der Waals surface area contributed by atoms with E-state index in [1.165, 1.54) is 12.3 Å². The van der Waals surface area contributed by atoms with Crippen molar-refractivity contribution in [3.05, 3.63) is 70.9 Å². The Morgan fingerprint density at radius 1 is 1.19 bits per heavy atom. The van der Waals surface area contributed by atoms with E-state index in [0.29, 0.717) is 5.56 Å². The summed E-state index contributed by atoms with van der Waals surface area (Å²) in [5.41, 5.74) is 0.681. The lowest BCUT2D eigenvalue weighted by Crippen LogP contribution is -2.10. The van der Waals surface area contributed by atoms with E-state index in [2.05, 4.69) is 11.6 Å². The minimum atomic E-state index is -4.50. The summed E-state index contributed by atoms with van der Waals surface area (Å²) in [7, 11) is 0. The fourth-order valence-corrected chi connectivity index (χ4v) is 3.77. The van der Waals surface area contributed by atoms with E-state index in [9.17, 15) is 18.0 Å². The quantitative estimate of drug-likeness (QED) is 0.490. The van der Waals surface area contributed by atoms with Crippen molar-refractivity contribution in [2.75, 3.05) is 0 Å². The van der Waals surface area contributed by atoms with Crippen molar-refractivity contribution >= 4 is 32.8 Å². The van der Waals surface area contributed by atoms with Gasteiger partial charge in [0, 0.05) is 22.9 Å². The number of aryl methyl sites for hydroxylation is 1. The Balaban J connectivity index is 1.77. The minimum Gasteiger partial charge on any atom is -0.294 e. The van der Waals surface area contributed by atoms with Crippen LogP contribution in [0, 0.1) is 6.92 Å². The second-order valence-corrected chi connectivity index (χ2v) is 6.94. The number of rotatable bonds is 5. The second kappa shape index (κ2) is 7.03. The maximum absolute atomic E-state index is 13.1. The molecule has 3 aromatic rings. The summed E-state index contributed by atoms with van der Waals surface area (Å²) < 4.78 is 40.4. The molecule has 0 unspecified atom stereocenters. The molecule has 0 spiro atoms. The number of nitrogens with zero attached hydrogens (tertiary/aromatic N) is 1. The van der Waals surface area contributed by atoms with Crippen LogP contribution in [0.4, 0.5) is 13.2 Å². The number of aromatic nitrogens is 1. The van der Waals surface area contributed by atoms with Crippen LogP contribution in [0.2, 0.25) is 0 Å². The predicted octanol–water partition coefficient (Wildman–Crippen LogP) is 6.30. The van der Waals surface area contributed by atoms with Crippen LogP contribution in [-0.2, 0) is 6.18 Å². The maximum atomic E-state index is 13.1. The van der Waals surface area contributed by atoms with Crippen LogP contribution in [0.25, 0.3) is 15.7 Å². The van der Waals surface area contributed by atoms with E-state index in [4.69, 9.17) is 0 Å². The summed E-state index contributed by atoms with van der Waals surface area (Å²) in [5, 5.41) is 3.00. The summed E-state index contributed by atoms with van der Waals surface area (Å²) in [4.78, 5) is 16.4. The van der Waals surface area contributed by atoms with Crippen molar-refractivity contribution in [2.24, 2.45) is 0 Å². The molecule has 26 heavy (non-hydrogen) atoms. The van der Waals surface area contributed by atoms with E-state index in [1.54, 1.807) is 17.4 Å². The van der Waals surface area contributed by atoms with Gasteiger partial charge in [0.25, 0.3) is 0 Å². The Bertz CT molecular complexity index is 988. The third-order valence-corrected chi connectivity index (χ3v) is 5.19. The van der Waals surface area contributed by atoms with Crippen molar-refractivity contribution in [3.63, 3.8) is 0 Å². The number of ketones is 1. The Morgan fingerprint density at radius 2 is 1.96 bits per heavy atom. The molecule has 1 aromatic carbocycles. The van der Waals surface area contributed by atoms with Gasteiger partial charge < -0.3 is 0 Å². The van der Waals surface area contributed by atoms with Crippen molar-refractivity contribution in [1.82, 2.24) is 4.98 Å². The summed E-state index contributed by atoms with van der Waals surface area (Å²) in [6, 6.07) is 7.86. The maximum Gasteiger partial charge on any atom is 0.418 e. The van der Waals surface area contributed by atoms with E-state index in [1.807, 2.05) is 24.4 Å². The highest BCUT2D eigenvalue weighted by atomic mass is 32.1. The van der Waals surface area contributed by atoms with Gasteiger partial charge >= 0.3 is 6.18 Å². The van der Waals surface area contributed by atoms with Gasteiger partial charge in [-0.05, 0) is 65.6 Å². The first-order chi connectivity index (χ1) is 12.3. The molecule has 2 nitrogen and oxygen atoms in total. The number of halogens is 3. The van der Waals surface area contributed by atoms with Crippen molar-refractivity contribution < 1.29 is 18.0 Å². The number of thiophene rings is 1. The lowest BCUT2D eigenvalue weighted by molar-refractivity contribution is -0.138. The van der Waals surface area contributed by atoms with E-state index in [0.717, 1.165) is 21.7 Å². The molecule has 0 aliphatic carbocycles. The zero-order valence-corrected chi connectivity index (χ0v) is 14.9. The summed E-state index contributed by atoms with van der Waals surface area (Å²) in [6.45, 7) is 5.60. The first-order valence-electron chi connectivity index (χ1n) is 7.99. The molecule has 0 aliphatic rings. The molecule has 0 fully saturated rings. The number of allylic oxidation sites excluding steroid dienone is 1.